The largest absolute Gasteiger partial charge is 0.489 e. The lowest BCUT2D eigenvalue weighted by molar-refractivity contribution is 0.301. The molecule has 28 heavy (non-hydrogen) atoms. The van der Waals surface area contributed by atoms with Gasteiger partial charge in [0.05, 0.1) is 5.56 Å². The fourth-order valence-corrected chi connectivity index (χ4v) is 4.20. The summed E-state index contributed by atoms with van der Waals surface area (Å²) in [5, 5.41) is 8.78. The van der Waals surface area contributed by atoms with Crippen molar-refractivity contribution in [1.82, 2.24) is 0 Å². The van der Waals surface area contributed by atoms with Crippen LogP contribution in [0.1, 0.15) is 80.9 Å². The highest BCUT2D eigenvalue weighted by atomic mass is 19.1. The lowest BCUT2D eigenvalue weighted by atomic mass is 9.77. The number of ether oxygens (including phenoxy) is 1. The van der Waals surface area contributed by atoms with Gasteiger partial charge in [0.15, 0.2) is 0 Å². The molecule has 3 rings (SSSR count). The summed E-state index contributed by atoms with van der Waals surface area (Å²) in [6.45, 7) is 2.67. The lowest BCUT2D eigenvalue weighted by Gasteiger charge is -2.29. The first-order valence-corrected chi connectivity index (χ1v) is 10.6. The molecule has 1 aliphatic carbocycles. The summed E-state index contributed by atoms with van der Waals surface area (Å²) in [6, 6.07) is 14.8. The minimum Gasteiger partial charge on any atom is -0.489 e. The van der Waals surface area contributed by atoms with E-state index in [0.29, 0.717) is 18.3 Å². The Morgan fingerprint density at radius 2 is 1.79 bits per heavy atom. The van der Waals surface area contributed by atoms with Gasteiger partial charge in [0, 0.05) is 6.07 Å². The molecule has 0 N–H and O–H groups in total. The molecular formula is C25H30FNO. The summed E-state index contributed by atoms with van der Waals surface area (Å²) in [7, 11) is 0. The van der Waals surface area contributed by atoms with Crippen LogP contribution in [0.5, 0.6) is 5.75 Å². The lowest BCUT2D eigenvalue weighted by Crippen LogP contribution is -2.13. The van der Waals surface area contributed by atoms with Crippen LogP contribution < -0.4 is 4.74 Å². The molecule has 2 aromatic rings. The molecule has 0 radical (unpaired) electrons. The van der Waals surface area contributed by atoms with E-state index in [2.05, 4.69) is 31.2 Å². The average molecular weight is 380 g/mol. The third-order valence-corrected chi connectivity index (χ3v) is 5.98. The van der Waals surface area contributed by atoms with Gasteiger partial charge < -0.3 is 4.74 Å². The molecular weight excluding hydrogens is 349 g/mol. The van der Waals surface area contributed by atoms with E-state index in [-0.39, 0.29) is 5.56 Å². The maximum atomic E-state index is 13.6. The topological polar surface area (TPSA) is 33.0 Å². The van der Waals surface area contributed by atoms with Crippen LogP contribution in [-0.2, 0) is 6.61 Å². The quantitative estimate of drug-likeness (QED) is 0.457. The van der Waals surface area contributed by atoms with E-state index in [4.69, 9.17) is 10.00 Å². The van der Waals surface area contributed by atoms with Crippen molar-refractivity contribution in [2.45, 2.75) is 70.8 Å². The van der Waals surface area contributed by atoms with Crippen LogP contribution in [0.15, 0.2) is 42.5 Å². The second kappa shape index (κ2) is 10.3. The Morgan fingerprint density at radius 1 is 1.04 bits per heavy atom. The standard InChI is InChI=1S/C25H30FNO/c1-2-3-4-5-19-6-10-21(11-7-19)22-12-8-20(9-13-22)18-28-24-15-14-23(17-27)25(26)16-24/h8-9,12-16,19,21H,2-7,10-11,18H2,1H3/t19-,21-. The number of hydrogen-bond donors (Lipinski definition) is 0. The summed E-state index contributed by atoms with van der Waals surface area (Å²) >= 11 is 0. The van der Waals surface area contributed by atoms with Crippen molar-refractivity contribution < 1.29 is 9.13 Å². The van der Waals surface area contributed by atoms with E-state index in [1.807, 2.05) is 6.07 Å². The van der Waals surface area contributed by atoms with Gasteiger partial charge in [-0.25, -0.2) is 4.39 Å². The highest BCUT2D eigenvalue weighted by molar-refractivity contribution is 5.36. The van der Waals surface area contributed by atoms with Gasteiger partial charge >= 0.3 is 0 Å². The number of benzene rings is 2. The van der Waals surface area contributed by atoms with Crippen LogP contribution in [0.2, 0.25) is 0 Å². The van der Waals surface area contributed by atoms with Crippen molar-refractivity contribution in [3.63, 3.8) is 0 Å². The second-order valence-corrected chi connectivity index (χ2v) is 8.00. The van der Waals surface area contributed by atoms with Crippen LogP contribution in [0.4, 0.5) is 4.39 Å². The molecule has 148 valence electrons. The molecule has 0 saturated heterocycles. The molecule has 1 fully saturated rings. The highest BCUT2D eigenvalue weighted by Gasteiger charge is 2.21. The molecule has 2 aromatic carbocycles. The van der Waals surface area contributed by atoms with Crippen molar-refractivity contribution in [2.24, 2.45) is 5.92 Å². The number of halogens is 1. The van der Waals surface area contributed by atoms with Crippen LogP contribution in [-0.4, -0.2) is 0 Å². The summed E-state index contributed by atoms with van der Waals surface area (Å²) in [6.07, 6.45) is 10.8. The van der Waals surface area contributed by atoms with Crippen molar-refractivity contribution in [3.8, 4) is 11.8 Å². The molecule has 0 bridgehead atoms. The predicted octanol–water partition coefficient (Wildman–Crippen LogP) is 7.13. The van der Waals surface area contributed by atoms with E-state index in [1.54, 1.807) is 6.07 Å². The van der Waals surface area contributed by atoms with Gasteiger partial charge in [0.25, 0.3) is 0 Å². The molecule has 3 heteroatoms. The van der Waals surface area contributed by atoms with E-state index in [9.17, 15) is 4.39 Å². The molecule has 0 amide bonds. The maximum Gasteiger partial charge on any atom is 0.144 e. The number of nitriles is 1. The van der Waals surface area contributed by atoms with Gasteiger partial charge in [-0.2, -0.15) is 5.26 Å². The molecule has 0 aromatic heterocycles. The van der Waals surface area contributed by atoms with Gasteiger partial charge in [-0.05, 0) is 60.8 Å². The minimum atomic E-state index is -0.541. The number of hydrogen-bond acceptors (Lipinski definition) is 2. The van der Waals surface area contributed by atoms with Crippen LogP contribution in [0.3, 0.4) is 0 Å². The zero-order chi connectivity index (χ0) is 19.8. The third kappa shape index (κ3) is 5.58. The Morgan fingerprint density at radius 3 is 2.43 bits per heavy atom. The van der Waals surface area contributed by atoms with E-state index in [1.165, 1.54) is 69.1 Å². The third-order valence-electron chi connectivity index (χ3n) is 5.98. The summed E-state index contributed by atoms with van der Waals surface area (Å²) < 4.78 is 19.3. The predicted molar refractivity (Wildman–Crippen MR) is 111 cm³/mol. The minimum absolute atomic E-state index is 0.0387. The SMILES string of the molecule is CCCCC[C@H]1CC[C@H](c2ccc(COc3ccc(C#N)c(F)c3)cc2)CC1. The first-order chi connectivity index (χ1) is 13.7. The molecule has 0 heterocycles. The fraction of sp³-hybridized carbons (Fsp3) is 0.480. The van der Waals surface area contributed by atoms with Gasteiger partial charge in [-0.1, -0.05) is 56.9 Å². The summed E-state index contributed by atoms with van der Waals surface area (Å²) in [5.74, 6) is 1.52. The summed E-state index contributed by atoms with van der Waals surface area (Å²) in [5.41, 5.74) is 2.54. The second-order valence-electron chi connectivity index (χ2n) is 8.00. The first-order valence-electron chi connectivity index (χ1n) is 10.6. The molecule has 1 saturated carbocycles. The Hall–Kier alpha value is -2.34. The first kappa shape index (κ1) is 20.4. The van der Waals surface area contributed by atoms with Gasteiger partial charge in [-0.15, -0.1) is 0 Å². The van der Waals surface area contributed by atoms with Gasteiger partial charge in [0.1, 0.15) is 24.2 Å². The Kier molecular flexibility index (Phi) is 7.48. The molecule has 0 unspecified atom stereocenters. The van der Waals surface area contributed by atoms with E-state index >= 15 is 0 Å². The Bertz CT molecular complexity index is 785. The molecule has 1 aliphatic rings. The van der Waals surface area contributed by atoms with E-state index in [0.717, 1.165) is 11.5 Å². The normalized spacial score (nSPS) is 19.2. The van der Waals surface area contributed by atoms with Crippen LogP contribution in [0, 0.1) is 23.1 Å². The average Bonchev–Trinajstić information content (AvgIpc) is 2.73. The molecule has 0 aliphatic heterocycles. The number of rotatable bonds is 8. The fourth-order valence-electron chi connectivity index (χ4n) is 4.20. The molecule has 0 spiro atoms. The van der Waals surface area contributed by atoms with Crippen molar-refractivity contribution in [2.75, 3.05) is 0 Å². The molecule has 2 nitrogen and oxygen atoms in total. The van der Waals surface area contributed by atoms with Crippen LogP contribution in [0.25, 0.3) is 0 Å². The van der Waals surface area contributed by atoms with Crippen LogP contribution >= 0.6 is 0 Å². The monoisotopic (exact) mass is 379 g/mol. The highest BCUT2D eigenvalue weighted by Crippen LogP contribution is 2.37. The van der Waals surface area contributed by atoms with Crippen molar-refractivity contribution >= 4 is 0 Å². The van der Waals surface area contributed by atoms with Gasteiger partial charge in [0.2, 0.25) is 0 Å². The summed E-state index contributed by atoms with van der Waals surface area (Å²) in [4.78, 5) is 0. The van der Waals surface area contributed by atoms with Gasteiger partial charge in [-0.3, -0.25) is 0 Å². The smallest absolute Gasteiger partial charge is 0.144 e. The Balaban J connectivity index is 1.48. The number of nitrogens with zero attached hydrogens (tertiary/aromatic N) is 1. The maximum absolute atomic E-state index is 13.6. The molecule has 0 atom stereocenters. The van der Waals surface area contributed by atoms with Crippen molar-refractivity contribution in [1.29, 1.82) is 5.26 Å². The van der Waals surface area contributed by atoms with Crippen molar-refractivity contribution in [3.05, 3.63) is 65.0 Å². The number of unbranched alkanes of at least 4 members (excludes halogenated alkanes) is 2. The van der Waals surface area contributed by atoms with E-state index < -0.39 is 5.82 Å². The zero-order valence-corrected chi connectivity index (χ0v) is 16.8. The Labute approximate surface area is 168 Å². The zero-order valence-electron chi connectivity index (χ0n) is 16.8.